The number of quaternary nitrogens is 1. The summed E-state index contributed by atoms with van der Waals surface area (Å²) >= 11 is 0. The van der Waals surface area contributed by atoms with Gasteiger partial charge in [0, 0.05) is 6.42 Å². The number of hydrogen-bond acceptors (Lipinski definition) is 3. The van der Waals surface area contributed by atoms with Gasteiger partial charge in [-0.15, -0.1) is 0 Å². The topological polar surface area (TPSA) is 27.7 Å². The van der Waals surface area contributed by atoms with E-state index < -0.39 is 48.6 Å². The van der Waals surface area contributed by atoms with E-state index in [1.807, 2.05) is 21.1 Å². The van der Waals surface area contributed by atoms with Gasteiger partial charge in [0.1, 0.15) is 23.3 Å². The van der Waals surface area contributed by atoms with Crippen molar-refractivity contribution in [3.05, 3.63) is 89.0 Å². The zero-order valence-electron chi connectivity index (χ0n) is 25.8. The first-order valence-corrected chi connectivity index (χ1v) is 14.7. The third-order valence-corrected chi connectivity index (χ3v) is 7.26. The van der Waals surface area contributed by atoms with E-state index in [1.165, 1.54) is 0 Å². The van der Waals surface area contributed by atoms with Crippen molar-refractivity contribution in [2.45, 2.75) is 70.0 Å². The molecule has 3 aromatic carbocycles. The van der Waals surface area contributed by atoms with Gasteiger partial charge in [0.2, 0.25) is 0 Å². The van der Waals surface area contributed by atoms with Crippen LogP contribution in [-0.2, 0) is 18.5 Å². The summed E-state index contributed by atoms with van der Waals surface area (Å²) < 4.78 is 138. The Morgan fingerprint density at radius 1 is 0.587 bits per heavy atom. The summed E-state index contributed by atoms with van der Waals surface area (Å²) in [5.41, 5.74) is -2.65. The molecule has 4 nitrogen and oxygen atoms in total. The molecule has 0 aliphatic carbocycles. The highest BCUT2D eigenvalue weighted by atomic mass is 19.4. The van der Waals surface area contributed by atoms with Gasteiger partial charge in [-0.25, -0.2) is 0 Å². The minimum atomic E-state index is -4.67. The zero-order valence-corrected chi connectivity index (χ0v) is 25.8. The van der Waals surface area contributed by atoms with Crippen molar-refractivity contribution in [3.63, 3.8) is 0 Å². The van der Waals surface area contributed by atoms with E-state index in [0.717, 1.165) is 98.8 Å². The average molecular weight is 664 g/mol. The fourth-order valence-corrected chi connectivity index (χ4v) is 4.84. The highest BCUT2D eigenvalue weighted by Gasteiger charge is 2.39. The third-order valence-electron chi connectivity index (χ3n) is 7.26. The second kappa shape index (κ2) is 14.9. The van der Waals surface area contributed by atoms with E-state index >= 15 is 0 Å². The maximum atomic E-state index is 13.9. The van der Waals surface area contributed by atoms with Crippen molar-refractivity contribution in [3.8, 4) is 17.2 Å². The molecule has 46 heavy (non-hydrogen) atoms. The fourth-order valence-electron chi connectivity index (χ4n) is 4.84. The highest BCUT2D eigenvalue weighted by molar-refractivity contribution is 6.39. The second-order valence-electron chi connectivity index (χ2n) is 11.8. The molecule has 0 saturated heterocycles. The summed E-state index contributed by atoms with van der Waals surface area (Å²) in [5.74, 6) is -0.363. The first kappa shape index (κ1) is 36.9. The summed E-state index contributed by atoms with van der Waals surface area (Å²) in [6, 6.07) is 9.40. The quantitative estimate of drug-likeness (QED) is 0.0743. The number of unbranched alkanes of at least 4 members (excludes halogenated alkanes) is 4. The molecule has 0 bridgehead atoms. The molecular formula is C32H36BF9NO3+. The molecule has 3 aromatic rings. The number of nitrogens with zero attached hydrogens (tertiary/aromatic N) is 1. The SMILES string of the molecule is CCCCCCCC(c1cc(C(F)(F)F)ccc1OB(Oc1ccc(C(F)(F)F)cc1)Oc1ccc(C(F)(F)F)cc1)[N+](C)(C)C. The Kier molecular flexibility index (Phi) is 12.0. The average Bonchev–Trinajstić information content (AvgIpc) is 2.94. The monoisotopic (exact) mass is 664 g/mol. The number of benzene rings is 3. The van der Waals surface area contributed by atoms with Crippen LogP contribution in [0.5, 0.6) is 17.2 Å². The Balaban J connectivity index is 2.03. The van der Waals surface area contributed by atoms with Crippen LogP contribution in [0.1, 0.15) is 73.7 Å². The molecule has 252 valence electrons. The molecule has 1 unspecified atom stereocenters. The molecule has 0 aliphatic heterocycles. The first-order chi connectivity index (χ1) is 21.3. The van der Waals surface area contributed by atoms with Crippen molar-refractivity contribution in [2.24, 2.45) is 0 Å². The van der Waals surface area contributed by atoms with Gasteiger partial charge in [-0.1, -0.05) is 32.6 Å². The van der Waals surface area contributed by atoms with Crippen LogP contribution in [0.3, 0.4) is 0 Å². The van der Waals surface area contributed by atoms with E-state index in [1.54, 1.807) is 0 Å². The van der Waals surface area contributed by atoms with Crippen molar-refractivity contribution in [2.75, 3.05) is 21.1 Å². The lowest BCUT2D eigenvalue weighted by molar-refractivity contribution is -0.902. The van der Waals surface area contributed by atoms with Crippen molar-refractivity contribution >= 4 is 7.32 Å². The Morgan fingerprint density at radius 3 is 1.43 bits per heavy atom. The second-order valence-corrected chi connectivity index (χ2v) is 11.8. The molecule has 0 radical (unpaired) electrons. The van der Waals surface area contributed by atoms with Gasteiger partial charge in [-0.3, -0.25) is 0 Å². The van der Waals surface area contributed by atoms with Gasteiger partial charge in [-0.05, 0) is 73.2 Å². The predicted octanol–water partition coefficient (Wildman–Crippen LogP) is 10.4. The highest BCUT2D eigenvalue weighted by Crippen LogP contribution is 2.40. The number of halogens is 9. The van der Waals surface area contributed by atoms with Crippen LogP contribution in [0.2, 0.25) is 0 Å². The van der Waals surface area contributed by atoms with E-state index in [2.05, 4.69) is 6.92 Å². The Labute approximate surface area is 262 Å². The lowest BCUT2D eigenvalue weighted by Crippen LogP contribution is -2.41. The van der Waals surface area contributed by atoms with Gasteiger partial charge < -0.3 is 18.4 Å². The summed E-state index contributed by atoms with van der Waals surface area (Å²) in [6.45, 7) is 2.07. The maximum Gasteiger partial charge on any atom is 0.864 e. The van der Waals surface area contributed by atoms with Crippen molar-refractivity contribution in [1.29, 1.82) is 0 Å². The Bertz CT molecular complexity index is 1330. The number of alkyl halides is 9. The van der Waals surface area contributed by atoms with E-state index in [4.69, 9.17) is 14.0 Å². The molecule has 0 saturated carbocycles. The van der Waals surface area contributed by atoms with Crippen LogP contribution < -0.4 is 14.0 Å². The number of rotatable bonds is 14. The molecule has 0 spiro atoms. The summed E-state index contributed by atoms with van der Waals surface area (Å²) in [5, 5.41) is 0. The fraction of sp³-hybridized carbons (Fsp3) is 0.438. The summed E-state index contributed by atoms with van der Waals surface area (Å²) in [4.78, 5) is 0. The minimum Gasteiger partial charge on any atom is -0.490 e. The van der Waals surface area contributed by atoms with Gasteiger partial charge in [0.25, 0.3) is 0 Å². The lowest BCUT2D eigenvalue weighted by atomic mass is 9.94. The Morgan fingerprint density at radius 2 is 1.02 bits per heavy atom. The molecule has 1 atom stereocenters. The van der Waals surface area contributed by atoms with Gasteiger partial charge in [0.15, 0.2) is 0 Å². The molecule has 0 aromatic heterocycles. The molecule has 0 aliphatic rings. The number of hydrogen-bond donors (Lipinski definition) is 0. The third kappa shape index (κ3) is 10.8. The van der Waals surface area contributed by atoms with Crippen LogP contribution in [-0.4, -0.2) is 32.9 Å². The van der Waals surface area contributed by atoms with Crippen LogP contribution in [0.15, 0.2) is 66.7 Å². The van der Waals surface area contributed by atoms with Crippen molar-refractivity contribution < 1.29 is 58.0 Å². The van der Waals surface area contributed by atoms with E-state index in [-0.39, 0.29) is 27.3 Å². The molecule has 3 rings (SSSR count). The van der Waals surface area contributed by atoms with Gasteiger partial charge in [0.05, 0.1) is 43.4 Å². The molecular weight excluding hydrogens is 628 g/mol. The van der Waals surface area contributed by atoms with E-state index in [9.17, 15) is 39.5 Å². The molecule has 0 heterocycles. The van der Waals surface area contributed by atoms with Crippen molar-refractivity contribution in [1.82, 2.24) is 0 Å². The van der Waals surface area contributed by atoms with Crippen LogP contribution in [0.4, 0.5) is 39.5 Å². The van der Waals surface area contributed by atoms with Crippen LogP contribution in [0.25, 0.3) is 0 Å². The normalized spacial score (nSPS) is 13.3. The largest absolute Gasteiger partial charge is 0.864 e. The smallest absolute Gasteiger partial charge is 0.490 e. The summed E-state index contributed by atoms with van der Waals surface area (Å²) in [7, 11) is 3.67. The first-order valence-electron chi connectivity index (χ1n) is 14.7. The van der Waals surface area contributed by atoms with Crippen LogP contribution in [0, 0.1) is 0 Å². The van der Waals surface area contributed by atoms with E-state index in [0.29, 0.717) is 6.42 Å². The maximum absolute atomic E-state index is 13.9. The van der Waals surface area contributed by atoms with Gasteiger partial charge in [-0.2, -0.15) is 39.5 Å². The Hall–Kier alpha value is -3.55. The summed E-state index contributed by atoms with van der Waals surface area (Å²) in [6.07, 6.45) is -8.81. The lowest BCUT2D eigenvalue weighted by Gasteiger charge is -2.36. The molecule has 0 amide bonds. The molecule has 14 heteroatoms. The predicted molar refractivity (Wildman–Crippen MR) is 156 cm³/mol. The minimum absolute atomic E-state index is 0.0524. The van der Waals surface area contributed by atoms with Gasteiger partial charge >= 0.3 is 25.9 Å². The zero-order chi connectivity index (χ0) is 34.3. The van der Waals surface area contributed by atoms with Crippen LogP contribution >= 0.6 is 0 Å². The molecule has 0 fully saturated rings. The molecule has 0 N–H and O–H groups in total. The standard InChI is InChI=1S/C32H36BF9NO3/c1-5-6-7-8-9-10-28(43(2,3)4)27-21-24(32(40,41)42)15-20-29(27)46-33(44-25-16-11-22(12-17-25)30(34,35)36)45-26-18-13-23(14-19-26)31(37,38)39/h11-21,28H,5-10H2,1-4H3/q+1.